The molecule has 1 aliphatic heterocycles. The van der Waals surface area contributed by atoms with E-state index in [4.69, 9.17) is 9.47 Å². The molecule has 20 heavy (non-hydrogen) atoms. The van der Waals surface area contributed by atoms with Crippen LogP contribution in [0.3, 0.4) is 0 Å². The lowest BCUT2D eigenvalue weighted by Gasteiger charge is -2.27. The van der Waals surface area contributed by atoms with E-state index in [1.807, 2.05) is 12.1 Å². The Balaban J connectivity index is 1.65. The molecule has 1 N–H and O–H groups in total. The highest BCUT2D eigenvalue weighted by atomic mass is 16.5. The molecule has 0 bridgehead atoms. The number of hydrogen-bond acceptors (Lipinski definition) is 4. The molecule has 0 amide bonds. The number of rotatable bonds is 7. The van der Waals surface area contributed by atoms with Gasteiger partial charge in [0.2, 0.25) is 0 Å². The number of morpholine rings is 1. The number of nitrogens with zero attached hydrogens (tertiary/aromatic N) is 1. The Kier molecular flexibility index (Phi) is 6.30. The molecule has 1 atom stereocenters. The minimum absolute atomic E-state index is 0.490. The van der Waals surface area contributed by atoms with Crippen molar-refractivity contribution >= 4 is 0 Å². The third kappa shape index (κ3) is 5.12. The Morgan fingerprint density at radius 1 is 1.25 bits per heavy atom. The fourth-order valence-electron chi connectivity index (χ4n) is 2.48. The Labute approximate surface area is 122 Å². The molecule has 1 aliphatic rings. The van der Waals surface area contributed by atoms with E-state index < -0.39 is 0 Å². The van der Waals surface area contributed by atoms with Gasteiger partial charge >= 0.3 is 0 Å². The Bertz CT molecular complexity index is 375. The highest BCUT2D eigenvalue weighted by molar-refractivity contribution is 5.27. The molecule has 2 rings (SSSR count). The van der Waals surface area contributed by atoms with E-state index in [9.17, 15) is 0 Å². The largest absolute Gasteiger partial charge is 0.497 e. The quantitative estimate of drug-likeness (QED) is 0.820. The van der Waals surface area contributed by atoms with Crippen molar-refractivity contribution in [3.05, 3.63) is 29.8 Å². The SMILES string of the molecule is COc1ccc(CC(C)NCCN2CCOCC2)cc1. The molecule has 1 saturated heterocycles. The molecular weight excluding hydrogens is 252 g/mol. The summed E-state index contributed by atoms with van der Waals surface area (Å²) in [6.45, 7) is 8.27. The van der Waals surface area contributed by atoms with Crippen molar-refractivity contribution in [3.63, 3.8) is 0 Å². The summed E-state index contributed by atoms with van der Waals surface area (Å²) in [5.74, 6) is 0.918. The Morgan fingerprint density at radius 3 is 2.60 bits per heavy atom. The van der Waals surface area contributed by atoms with E-state index in [0.717, 1.165) is 51.6 Å². The van der Waals surface area contributed by atoms with Crippen LogP contribution in [-0.4, -0.2) is 57.4 Å². The first-order valence-corrected chi connectivity index (χ1v) is 7.44. The molecule has 0 aromatic heterocycles. The van der Waals surface area contributed by atoms with Gasteiger partial charge in [-0.15, -0.1) is 0 Å². The van der Waals surface area contributed by atoms with Gasteiger partial charge < -0.3 is 14.8 Å². The summed E-state index contributed by atoms with van der Waals surface area (Å²) < 4.78 is 10.5. The van der Waals surface area contributed by atoms with Crippen LogP contribution in [0.5, 0.6) is 5.75 Å². The molecule has 0 aliphatic carbocycles. The molecule has 1 unspecified atom stereocenters. The zero-order valence-corrected chi connectivity index (χ0v) is 12.6. The van der Waals surface area contributed by atoms with Crippen molar-refractivity contribution in [2.24, 2.45) is 0 Å². The second kappa shape index (κ2) is 8.25. The molecule has 0 radical (unpaired) electrons. The molecule has 1 fully saturated rings. The third-order valence-electron chi connectivity index (χ3n) is 3.73. The average Bonchev–Trinajstić information content (AvgIpc) is 2.49. The summed E-state index contributed by atoms with van der Waals surface area (Å²) in [6, 6.07) is 8.81. The van der Waals surface area contributed by atoms with E-state index in [-0.39, 0.29) is 0 Å². The second-order valence-electron chi connectivity index (χ2n) is 5.36. The first kappa shape index (κ1) is 15.3. The molecule has 4 nitrogen and oxygen atoms in total. The molecule has 1 heterocycles. The molecule has 0 spiro atoms. The van der Waals surface area contributed by atoms with Crippen molar-refractivity contribution in [2.75, 3.05) is 46.5 Å². The van der Waals surface area contributed by atoms with Crippen LogP contribution in [0, 0.1) is 0 Å². The molecule has 1 aromatic carbocycles. The van der Waals surface area contributed by atoms with E-state index in [1.54, 1.807) is 7.11 Å². The van der Waals surface area contributed by atoms with Gasteiger partial charge in [0.05, 0.1) is 20.3 Å². The van der Waals surface area contributed by atoms with Crippen LogP contribution in [0.4, 0.5) is 0 Å². The smallest absolute Gasteiger partial charge is 0.118 e. The lowest BCUT2D eigenvalue weighted by Crippen LogP contribution is -2.42. The summed E-state index contributed by atoms with van der Waals surface area (Å²) in [6.07, 6.45) is 1.05. The molecule has 0 saturated carbocycles. The van der Waals surface area contributed by atoms with Gasteiger partial charge in [-0.25, -0.2) is 0 Å². The highest BCUT2D eigenvalue weighted by Crippen LogP contribution is 2.12. The van der Waals surface area contributed by atoms with E-state index >= 15 is 0 Å². The van der Waals surface area contributed by atoms with Crippen molar-refractivity contribution in [2.45, 2.75) is 19.4 Å². The van der Waals surface area contributed by atoms with Gasteiger partial charge in [-0.05, 0) is 31.0 Å². The van der Waals surface area contributed by atoms with Crippen LogP contribution in [0.15, 0.2) is 24.3 Å². The maximum absolute atomic E-state index is 5.35. The van der Waals surface area contributed by atoms with Gasteiger partial charge in [0.25, 0.3) is 0 Å². The number of ether oxygens (including phenoxy) is 2. The van der Waals surface area contributed by atoms with Crippen molar-refractivity contribution in [3.8, 4) is 5.75 Å². The van der Waals surface area contributed by atoms with Gasteiger partial charge in [0, 0.05) is 32.2 Å². The maximum atomic E-state index is 5.35. The van der Waals surface area contributed by atoms with Gasteiger partial charge in [0.1, 0.15) is 5.75 Å². The average molecular weight is 278 g/mol. The minimum atomic E-state index is 0.490. The zero-order valence-electron chi connectivity index (χ0n) is 12.6. The van der Waals surface area contributed by atoms with Gasteiger partial charge in [-0.3, -0.25) is 4.90 Å². The number of methoxy groups -OCH3 is 1. The zero-order chi connectivity index (χ0) is 14.2. The maximum Gasteiger partial charge on any atom is 0.118 e. The van der Waals surface area contributed by atoms with E-state index in [1.165, 1.54) is 5.56 Å². The first-order chi connectivity index (χ1) is 9.78. The Morgan fingerprint density at radius 2 is 1.95 bits per heavy atom. The highest BCUT2D eigenvalue weighted by Gasteiger charge is 2.10. The molecular formula is C16H26N2O2. The van der Waals surface area contributed by atoms with Gasteiger partial charge in [-0.2, -0.15) is 0 Å². The van der Waals surface area contributed by atoms with Crippen LogP contribution in [0.1, 0.15) is 12.5 Å². The van der Waals surface area contributed by atoms with Crippen LogP contribution < -0.4 is 10.1 Å². The number of benzene rings is 1. The normalized spacial score (nSPS) is 17.9. The summed E-state index contributed by atoms with van der Waals surface area (Å²) in [7, 11) is 1.70. The lowest BCUT2D eigenvalue weighted by atomic mass is 10.1. The fraction of sp³-hybridized carbons (Fsp3) is 0.625. The predicted molar refractivity (Wildman–Crippen MR) is 81.4 cm³/mol. The second-order valence-corrected chi connectivity index (χ2v) is 5.36. The fourth-order valence-corrected chi connectivity index (χ4v) is 2.48. The summed E-state index contributed by atoms with van der Waals surface area (Å²) in [4.78, 5) is 2.45. The number of nitrogens with one attached hydrogen (secondary N) is 1. The lowest BCUT2D eigenvalue weighted by molar-refractivity contribution is 0.0382. The van der Waals surface area contributed by atoms with E-state index in [0.29, 0.717) is 6.04 Å². The topological polar surface area (TPSA) is 33.7 Å². The third-order valence-corrected chi connectivity index (χ3v) is 3.73. The van der Waals surface area contributed by atoms with Gasteiger partial charge in [0.15, 0.2) is 0 Å². The van der Waals surface area contributed by atoms with Gasteiger partial charge in [-0.1, -0.05) is 12.1 Å². The van der Waals surface area contributed by atoms with Crippen molar-refractivity contribution in [1.29, 1.82) is 0 Å². The van der Waals surface area contributed by atoms with Crippen LogP contribution in [-0.2, 0) is 11.2 Å². The summed E-state index contributed by atoms with van der Waals surface area (Å²) >= 11 is 0. The Hall–Kier alpha value is -1.10. The van der Waals surface area contributed by atoms with Crippen LogP contribution in [0.25, 0.3) is 0 Å². The van der Waals surface area contributed by atoms with E-state index in [2.05, 4.69) is 29.3 Å². The monoisotopic (exact) mass is 278 g/mol. The first-order valence-electron chi connectivity index (χ1n) is 7.44. The summed E-state index contributed by atoms with van der Waals surface area (Å²) in [5, 5.41) is 3.59. The molecule has 4 heteroatoms. The predicted octanol–water partition coefficient (Wildman–Crippen LogP) is 1.55. The standard InChI is InChI=1S/C16H26N2O2/c1-14(13-15-3-5-16(19-2)6-4-15)17-7-8-18-9-11-20-12-10-18/h3-6,14,17H,7-13H2,1-2H3. The summed E-state index contributed by atoms with van der Waals surface area (Å²) in [5.41, 5.74) is 1.34. The van der Waals surface area contributed by atoms with Crippen LogP contribution in [0.2, 0.25) is 0 Å². The molecule has 112 valence electrons. The van der Waals surface area contributed by atoms with Crippen molar-refractivity contribution in [1.82, 2.24) is 10.2 Å². The minimum Gasteiger partial charge on any atom is -0.497 e. The number of hydrogen-bond donors (Lipinski definition) is 1. The molecule has 1 aromatic rings. The van der Waals surface area contributed by atoms with Crippen molar-refractivity contribution < 1.29 is 9.47 Å². The van der Waals surface area contributed by atoms with Crippen LogP contribution >= 0.6 is 0 Å².